The quantitative estimate of drug-likeness (QED) is 0.808. The monoisotopic (exact) mass is 320 g/mol. The zero-order chi connectivity index (χ0) is 16.5. The van der Waals surface area contributed by atoms with Crippen LogP contribution in [-0.2, 0) is 13.0 Å². The first-order valence-electron chi connectivity index (χ1n) is 8.46. The molecule has 0 amide bonds. The van der Waals surface area contributed by atoms with E-state index in [1.807, 2.05) is 25.1 Å². The molecule has 1 saturated heterocycles. The predicted octanol–water partition coefficient (Wildman–Crippen LogP) is 3.01. The van der Waals surface area contributed by atoms with Crippen LogP contribution in [0.4, 0.5) is 5.82 Å². The average molecular weight is 320 g/mol. The van der Waals surface area contributed by atoms with Gasteiger partial charge < -0.3 is 9.64 Å². The normalized spacial score (nSPS) is 17.2. The number of benzene rings is 1. The van der Waals surface area contributed by atoms with Crippen LogP contribution in [0, 0.1) is 24.2 Å². The minimum Gasteiger partial charge on any atom is -0.487 e. The van der Waals surface area contributed by atoms with Gasteiger partial charge in [-0.25, -0.2) is 9.97 Å². The molecule has 0 saturated carbocycles. The molecule has 0 N–H and O–H groups in total. The summed E-state index contributed by atoms with van der Waals surface area (Å²) in [5.41, 5.74) is 3.33. The molecule has 4 rings (SSSR count). The number of piperidine rings is 1. The number of anilines is 1. The minimum absolute atomic E-state index is 0.173. The fourth-order valence-corrected chi connectivity index (χ4v) is 3.55. The Kier molecular flexibility index (Phi) is 3.81. The van der Waals surface area contributed by atoms with Gasteiger partial charge in [0.05, 0.1) is 11.8 Å². The van der Waals surface area contributed by atoms with Crippen molar-refractivity contribution in [3.63, 3.8) is 0 Å². The Balaban J connectivity index is 1.72. The predicted molar refractivity (Wildman–Crippen MR) is 90.9 cm³/mol. The third kappa shape index (κ3) is 2.69. The van der Waals surface area contributed by atoms with Crippen LogP contribution in [0.2, 0.25) is 0 Å². The van der Waals surface area contributed by atoms with Gasteiger partial charge in [0.1, 0.15) is 24.0 Å². The maximum Gasteiger partial charge on any atom is 0.136 e. The maximum absolute atomic E-state index is 9.12. The average Bonchev–Trinajstić information content (AvgIpc) is 2.80. The number of aryl methyl sites for hydroxylation is 1. The Morgan fingerprint density at radius 3 is 2.79 bits per heavy atom. The van der Waals surface area contributed by atoms with Crippen LogP contribution in [0.25, 0.3) is 0 Å². The third-order valence-electron chi connectivity index (χ3n) is 4.86. The van der Waals surface area contributed by atoms with Crippen LogP contribution >= 0.6 is 0 Å². The number of nitrogens with zero attached hydrogens (tertiary/aromatic N) is 4. The highest BCUT2D eigenvalue weighted by Crippen LogP contribution is 2.33. The Morgan fingerprint density at radius 2 is 2.00 bits per heavy atom. The molecule has 3 heterocycles. The van der Waals surface area contributed by atoms with Crippen LogP contribution in [0.15, 0.2) is 24.3 Å². The molecule has 2 aliphatic heterocycles. The topological polar surface area (TPSA) is 62.0 Å². The Labute approximate surface area is 141 Å². The molecule has 0 atom stereocenters. The molecule has 1 aromatic carbocycles. The molecule has 0 aliphatic carbocycles. The third-order valence-corrected chi connectivity index (χ3v) is 4.86. The molecule has 24 heavy (non-hydrogen) atoms. The number of rotatable bonds is 1. The molecule has 0 unspecified atom stereocenters. The zero-order valence-corrected chi connectivity index (χ0v) is 13.8. The first-order chi connectivity index (χ1) is 11.7. The molecule has 1 aromatic heterocycles. The molecule has 0 radical (unpaired) electrons. The summed E-state index contributed by atoms with van der Waals surface area (Å²) in [6.07, 6.45) is 2.60. The van der Waals surface area contributed by atoms with Crippen molar-refractivity contribution in [2.24, 2.45) is 5.92 Å². The molecule has 5 nitrogen and oxygen atoms in total. The maximum atomic E-state index is 9.12. The van der Waals surface area contributed by atoms with E-state index in [1.165, 1.54) is 11.1 Å². The second kappa shape index (κ2) is 6.12. The smallest absolute Gasteiger partial charge is 0.136 e. The molecule has 122 valence electrons. The Morgan fingerprint density at radius 1 is 1.21 bits per heavy atom. The largest absolute Gasteiger partial charge is 0.487 e. The van der Waals surface area contributed by atoms with E-state index in [4.69, 9.17) is 15.0 Å². The van der Waals surface area contributed by atoms with Gasteiger partial charge in [0.25, 0.3) is 0 Å². The summed E-state index contributed by atoms with van der Waals surface area (Å²) in [4.78, 5) is 11.7. The van der Waals surface area contributed by atoms with Crippen molar-refractivity contribution in [3.8, 4) is 11.8 Å². The van der Waals surface area contributed by atoms with Gasteiger partial charge >= 0.3 is 0 Å². The lowest BCUT2D eigenvalue weighted by Crippen LogP contribution is -2.35. The van der Waals surface area contributed by atoms with Crippen LogP contribution in [0.5, 0.6) is 5.75 Å². The van der Waals surface area contributed by atoms with Crippen LogP contribution in [0.3, 0.4) is 0 Å². The number of ether oxygens (including phenoxy) is 1. The van der Waals surface area contributed by atoms with Crippen molar-refractivity contribution in [2.45, 2.75) is 32.8 Å². The lowest BCUT2D eigenvalue weighted by atomic mass is 9.97. The van der Waals surface area contributed by atoms with Gasteiger partial charge in [-0.05, 0) is 31.4 Å². The van der Waals surface area contributed by atoms with E-state index in [9.17, 15) is 0 Å². The first kappa shape index (κ1) is 14.9. The zero-order valence-electron chi connectivity index (χ0n) is 13.8. The van der Waals surface area contributed by atoms with Crippen molar-refractivity contribution in [3.05, 3.63) is 46.9 Å². The van der Waals surface area contributed by atoms with Gasteiger partial charge in [-0.2, -0.15) is 5.26 Å². The highest BCUT2D eigenvalue weighted by molar-refractivity contribution is 5.54. The van der Waals surface area contributed by atoms with E-state index in [0.29, 0.717) is 6.61 Å². The van der Waals surface area contributed by atoms with Crippen molar-refractivity contribution in [1.82, 2.24) is 9.97 Å². The standard InChI is InChI=1S/C19H20N4O/c1-13-21-17-12-24-18-5-3-2-4-15(18)10-16(17)19(22-13)23-8-6-14(11-20)7-9-23/h2-5,14H,6-10,12H2,1H3. The summed E-state index contributed by atoms with van der Waals surface area (Å²) >= 11 is 0. The summed E-state index contributed by atoms with van der Waals surface area (Å²) in [7, 11) is 0. The van der Waals surface area contributed by atoms with E-state index in [1.54, 1.807) is 0 Å². The number of nitriles is 1. The SMILES string of the molecule is Cc1nc2c(c(N3CCC(C#N)CC3)n1)Cc1ccccc1OC2. The summed E-state index contributed by atoms with van der Waals surface area (Å²) in [6, 6.07) is 10.6. The fourth-order valence-electron chi connectivity index (χ4n) is 3.55. The molecule has 5 heteroatoms. The molecule has 2 aliphatic rings. The summed E-state index contributed by atoms with van der Waals surface area (Å²) in [6.45, 7) is 4.18. The number of para-hydroxylation sites is 1. The van der Waals surface area contributed by atoms with Gasteiger partial charge in [-0.15, -0.1) is 0 Å². The number of hydrogen-bond acceptors (Lipinski definition) is 5. The number of aromatic nitrogens is 2. The minimum atomic E-state index is 0.173. The Bertz CT molecular complexity index is 803. The molecule has 1 fully saturated rings. The van der Waals surface area contributed by atoms with Crippen molar-refractivity contribution in [1.29, 1.82) is 5.26 Å². The van der Waals surface area contributed by atoms with E-state index in [0.717, 1.165) is 55.4 Å². The highest BCUT2D eigenvalue weighted by Gasteiger charge is 2.26. The first-order valence-corrected chi connectivity index (χ1v) is 8.46. The summed E-state index contributed by atoms with van der Waals surface area (Å²) in [5.74, 6) is 2.91. The van der Waals surface area contributed by atoms with Gasteiger partial charge in [0.2, 0.25) is 0 Å². The highest BCUT2D eigenvalue weighted by atomic mass is 16.5. The lowest BCUT2D eigenvalue weighted by molar-refractivity contribution is 0.301. The Hall–Kier alpha value is -2.61. The van der Waals surface area contributed by atoms with Crippen molar-refractivity contribution < 1.29 is 4.74 Å². The van der Waals surface area contributed by atoms with E-state index in [-0.39, 0.29) is 5.92 Å². The van der Waals surface area contributed by atoms with Gasteiger partial charge in [-0.1, -0.05) is 18.2 Å². The molecule has 0 bridgehead atoms. The fraction of sp³-hybridized carbons (Fsp3) is 0.421. The lowest BCUT2D eigenvalue weighted by Gasteiger charge is -2.32. The van der Waals surface area contributed by atoms with Gasteiger partial charge in [0.15, 0.2) is 0 Å². The number of hydrogen-bond donors (Lipinski definition) is 0. The molecule has 2 aromatic rings. The van der Waals surface area contributed by atoms with Crippen molar-refractivity contribution >= 4 is 5.82 Å². The van der Waals surface area contributed by atoms with Crippen molar-refractivity contribution in [2.75, 3.05) is 18.0 Å². The second-order valence-electron chi connectivity index (χ2n) is 6.48. The molecule has 0 spiro atoms. The van der Waals surface area contributed by atoms with E-state index < -0.39 is 0 Å². The molecular formula is C19H20N4O. The van der Waals surface area contributed by atoms with Crippen LogP contribution in [0.1, 0.15) is 35.5 Å². The number of fused-ring (bicyclic) bond motifs is 2. The van der Waals surface area contributed by atoms with E-state index in [2.05, 4.69) is 22.0 Å². The summed E-state index contributed by atoms with van der Waals surface area (Å²) in [5, 5.41) is 9.12. The van der Waals surface area contributed by atoms with Crippen LogP contribution in [-0.4, -0.2) is 23.1 Å². The van der Waals surface area contributed by atoms with Gasteiger partial charge in [-0.3, -0.25) is 0 Å². The molecular weight excluding hydrogens is 300 g/mol. The van der Waals surface area contributed by atoms with Crippen LogP contribution < -0.4 is 9.64 Å². The second-order valence-corrected chi connectivity index (χ2v) is 6.48. The van der Waals surface area contributed by atoms with Gasteiger partial charge in [0, 0.05) is 31.0 Å². The summed E-state index contributed by atoms with van der Waals surface area (Å²) < 4.78 is 5.95. The van der Waals surface area contributed by atoms with E-state index >= 15 is 0 Å².